The number of aliphatic hydroxyl groups is 1. The van der Waals surface area contributed by atoms with Crippen LogP contribution in [0.25, 0.3) is 0 Å². The number of rotatable bonds is 5. The highest BCUT2D eigenvalue weighted by Crippen LogP contribution is 2.30. The third-order valence-corrected chi connectivity index (χ3v) is 3.11. The predicted octanol–water partition coefficient (Wildman–Crippen LogP) is 2.30. The van der Waals surface area contributed by atoms with E-state index < -0.39 is 0 Å². The highest BCUT2D eigenvalue weighted by atomic mass is 16.6. The van der Waals surface area contributed by atoms with E-state index in [0.717, 1.165) is 17.7 Å². The predicted molar refractivity (Wildman–Crippen MR) is 66.2 cm³/mol. The summed E-state index contributed by atoms with van der Waals surface area (Å²) in [6.07, 6.45) is 1.05. The Morgan fingerprint density at radius 2 is 2.12 bits per heavy atom. The zero-order valence-electron chi connectivity index (χ0n) is 10.4. The SMILES string of the molecule is CCCOC1C(O)CC1Oc1ccccc1C. The second-order valence-corrected chi connectivity index (χ2v) is 4.56. The molecule has 3 heteroatoms. The number of ether oxygens (including phenoxy) is 2. The van der Waals surface area contributed by atoms with Gasteiger partial charge in [0.1, 0.15) is 18.0 Å². The lowest BCUT2D eigenvalue weighted by molar-refractivity contribution is -0.162. The van der Waals surface area contributed by atoms with Gasteiger partial charge in [-0.3, -0.25) is 0 Å². The van der Waals surface area contributed by atoms with Gasteiger partial charge < -0.3 is 14.6 Å². The van der Waals surface area contributed by atoms with Crippen molar-refractivity contribution in [2.75, 3.05) is 6.61 Å². The number of para-hydroxylation sites is 1. The Bertz CT molecular complexity index is 364. The Hall–Kier alpha value is -1.06. The molecule has 0 heterocycles. The molecule has 1 aromatic carbocycles. The molecule has 1 saturated carbocycles. The Balaban J connectivity index is 1.93. The fourth-order valence-electron chi connectivity index (χ4n) is 2.00. The summed E-state index contributed by atoms with van der Waals surface area (Å²) in [6, 6.07) is 7.92. The standard InChI is InChI=1S/C14H20O3/c1-3-8-16-14-11(15)9-13(14)17-12-7-5-4-6-10(12)2/h4-7,11,13-15H,3,8-9H2,1-2H3. The molecule has 0 aromatic heterocycles. The van der Waals surface area contributed by atoms with Crippen LogP contribution >= 0.6 is 0 Å². The first-order valence-corrected chi connectivity index (χ1v) is 6.24. The molecule has 0 spiro atoms. The van der Waals surface area contributed by atoms with Crippen molar-refractivity contribution in [2.45, 2.75) is 45.0 Å². The largest absolute Gasteiger partial charge is 0.487 e. The summed E-state index contributed by atoms with van der Waals surface area (Å²) in [5.41, 5.74) is 1.11. The summed E-state index contributed by atoms with van der Waals surface area (Å²) in [4.78, 5) is 0. The smallest absolute Gasteiger partial charge is 0.130 e. The molecule has 0 aliphatic heterocycles. The number of hydrogen-bond donors (Lipinski definition) is 1. The summed E-state index contributed by atoms with van der Waals surface area (Å²) in [6.45, 7) is 4.75. The number of aryl methyl sites for hydroxylation is 1. The lowest BCUT2D eigenvalue weighted by Crippen LogP contribution is -2.55. The van der Waals surface area contributed by atoms with Gasteiger partial charge in [-0.15, -0.1) is 0 Å². The minimum atomic E-state index is -0.379. The van der Waals surface area contributed by atoms with E-state index in [4.69, 9.17) is 9.47 Å². The van der Waals surface area contributed by atoms with Gasteiger partial charge in [-0.25, -0.2) is 0 Å². The quantitative estimate of drug-likeness (QED) is 0.852. The fraction of sp³-hybridized carbons (Fsp3) is 0.571. The average Bonchev–Trinajstić information content (AvgIpc) is 2.31. The van der Waals surface area contributed by atoms with Crippen molar-refractivity contribution in [3.8, 4) is 5.75 Å². The molecule has 0 amide bonds. The van der Waals surface area contributed by atoms with E-state index in [-0.39, 0.29) is 18.3 Å². The maximum absolute atomic E-state index is 9.65. The molecule has 1 fully saturated rings. The van der Waals surface area contributed by atoms with Gasteiger partial charge >= 0.3 is 0 Å². The summed E-state index contributed by atoms with van der Waals surface area (Å²) in [5.74, 6) is 0.884. The maximum Gasteiger partial charge on any atom is 0.130 e. The van der Waals surface area contributed by atoms with Crippen molar-refractivity contribution in [1.82, 2.24) is 0 Å². The molecule has 2 rings (SSSR count). The van der Waals surface area contributed by atoms with Crippen LogP contribution in [-0.2, 0) is 4.74 Å². The van der Waals surface area contributed by atoms with Crippen LogP contribution in [0.3, 0.4) is 0 Å². The molecule has 1 aliphatic rings. The van der Waals surface area contributed by atoms with E-state index in [1.807, 2.05) is 31.2 Å². The van der Waals surface area contributed by atoms with Crippen molar-refractivity contribution in [3.05, 3.63) is 29.8 Å². The molecule has 1 aliphatic carbocycles. The zero-order chi connectivity index (χ0) is 12.3. The molecule has 1 N–H and O–H groups in total. The lowest BCUT2D eigenvalue weighted by atomic mass is 9.88. The molecule has 1 aromatic rings. The number of hydrogen-bond acceptors (Lipinski definition) is 3. The van der Waals surface area contributed by atoms with E-state index in [9.17, 15) is 5.11 Å². The molecule has 0 saturated heterocycles. The van der Waals surface area contributed by atoms with E-state index in [1.54, 1.807) is 0 Å². The van der Waals surface area contributed by atoms with Crippen LogP contribution in [0, 0.1) is 6.92 Å². The van der Waals surface area contributed by atoms with E-state index in [1.165, 1.54) is 0 Å². The Labute approximate surface area is 102 Å². The second-order valence-electron chi connectivity index (χ2n) is 4.56. The first-order chi connectivity index (χ1) is 8.22. The first kappa shape index (κ1) is 12.4. The van der Waals surface area contributed by atoms with E-state index in [0.29, 0.717) is 13.0 Å². The minimum absolute atomic E-state index is 0.0161. The van der Waals surface area contributed by atoms with Crippen LogP contribution in [0.4, 0.5) is 0 Å². The van der Waals surface area contributed by atoms with Crippen LogP contribution in [0.1, 0.15) is 25.3 Å². The molecular formula is C14H20O3. The van der Waals surface area contributed by atoms with Crippen molar-refractivity contribution < 1.29 is 14.6 Å². The monoisotopic (exact) mass is 236 g/mol. The lowest BCUT2D eigenvalue weighted by Gasteiger charge is -2.41. The van der Waals surface area contributed by atoms with Crippen molar-refractivity contribution >= 4 is 0 Å². The third kappa shape index (κ3) is 2.79. The molecule has 3 nitrogen and oxygen atoms in total. The first-order valence-electron chi connectivity index (χ1n) is 6.24. The molecular weight excluding hydrogens is 216 g/mol. The second kappa shape index (κ2) is 5.52. The van der Waals surface area contributed by atoms with Gasteiger partial charge in [0.25, 0.3) is 0 Å². The summed E-state index contributed by atoms with van der Waals surface area (Å²) < 4.78 is 11.5. The van der Waals surface area contributed by atoms with Crippen LogP contribution in [0.5, 0.6) is 5.75 Å². The summed E-state index contributed by atoms with van der Waals surface area (Å²) >= 11 is 0. The van der Waals surface area contributed by atoms with Gasteiger partial charge in [0.05, 0.1) is 6.10 Å². The third-order valence-electron chi connectivity index (χ3n) is 3.11. The van der Waals surface area contributed by atoms with Crippen molar-refractivity contribution in [1.29, 1.82) is 0 Å². The Morgan fingerprint density at radius 3 is 2.76 bits per heavy atom. The number of aliphatic hydroxyl groups excluding tert-OH is 1. The average molecular weight is 236 g/mol. The van der Waals surface area contributed by atoms with E-state index in [2.05, 4.69) is 6.92 Å². The highest BCUT2D eigenvalue weighted by Gasteiger charge is 2.42. The van der Waals surface area contributed by atoms with Gasteiger partial charge in [0.2, 0.25) is 0 Å². The molecule has 0 bridgehead atoms. The van der Waals surface area contributed by atoms with Crippen molar-refractivity contribution in [2.24, 2.45) is 0 Å². The molecule has 3 atom stereocenters. The van der Waals surface area contributed by atoms with Gasteiger partial charge in [-0.2, -0.15) is 0 Å². The zero-order valence-corrected chi connectivity index (χ0v) is 10.4. The summed E-state index contributed by atoms with van der Waals surface area (Å²) in [7, 11) is 0. The molecule has 17 heavy (non-hydrogen) atoms. The van der Waals surface area contributed by atoms with Crippen LogP contribution < -0.4 is 4.74 Å². The summed E-state index contributed by atoms with van der Waals surface area (Å²) in [5, 5.41) is 9.65. The number of benzene rings is 1. The fourth-order valence-corrected chi connectivity index (χ4v) is 2.00. The van der Waals surface area contributed by atoms with Crippen LogP contribution in [0.15, 0.2) is 24.3 Å². The van der Waals surface area contributed by atoms with Crippen LogP contribution in [-0.4, -0.2) is 30.0 Å². The minimum Gasteiger partial charge on any atom is -0.487 e. The topological polar surface area (TPSA) is 38.7 Å². The van der Waals surface area contributed by atoms with Crippen LogP contribution in [0.2, 0.25) is 0 Å². The molecule has 3 unspecified atom stereocenters. The highest BCUT2D eigenvalue weighted by molar-refractivity contribution is 5.32. The molecule has 0 radical (unpaired) electrons. The molecule has 94 valence electrons. The Kier molecular flexibility index (Phi) is 4.02. The Morgan fingerprint density at radius 1 is 1.35 bits per heavy atom. The van der Waals surface area contributed by atoms with Crippen molar-refractivity contribution in [3.63, 3.8) is 0 Å². The van der Waals surface area contributed by atoms with E-state index >= 15 is 0 Å². The normalized spacial score (nSPS) is 27.6. The maximum atomic E-state index is 9.65. The van der Waals surface area contributed by atoms with Gasteiger partial charge in [-0.05, 0) is 25.0 Å². The van der Waals surface area contributed by atoms with Gasteiger partial charge in [-0.1, -0.05) is 25.1 Å². The van der Waals surface area contributed by atoms with Gasteiger partial charge in [0, 0.05) is 13.0 Å². The van der Waals surface area contributed by atoms with Gasteiger partial charge in [0.15, 0.2) is 0 Å².